The second-order valence-electron chi connectivity index (χ2n) is 7.05. The number of benzene rings is 2. The SMILES string of the molecule is CS(=O)(=O)N1CCC(C(=O)OCC(=O)c2ccc(-c3ccc(Br)cc3)cc2)CC1. The number of hydrogen-bond acceptors (Lipinski definition) is 5. The highest BCUT2D eigenvalue weighted by molar-refractivity contribution is 9.10. The number of sulfonamides is 1. The first kappa shape index (κ1) is 21.7. The molecule has 2 aromatic carbocycles. The number of hydrogen-bond donors (Lipinski definition) is 0. The van der Waals surface area contributed by atoms with Gasteiger partial charge in [-0.1, -0.05) is 52.3 Å². The van der Waals surface area contributed by atoms with Crippen molar-refractivity contribution in [3.63, 3.8) is 0 Å². The van der Waals surface area contributed by atoms with E-state index in [4.69, 9.17) is 4.74 Å². The van der Waals surface area contributed by atoms with E-state index >= 15 is 0 Å². The minimum Gasteiger partial charge on any atom is -0.457 e. The molecule has 0 bridgehead atoms. The van der Waals surface area contributed by atoms with E-state index in [2.05, 4.69) is 15.9 Å². The average Bonchev–Trinajstić information content (AvgIpc) is 2.72. The molecule has 154 valence electrons. The molecule has 0 aliphatic carbocycles. The summed E-state index contributed by atoms with van der Waals surface area (Å²) in [5.41, 5.74) is 2.51. The van der Waals surface area contributed by atoms with Gasteiger partial charge >= 0.3 is 5.97 Å². The standard InChI is InChI=1S/C21H22BrNO5S/c1-29(26,27)23-12-10-18(11-13-23)21(25)28-14-20(24)17-4-2-15(3-5-17)16-6-8-19(22)9-7-16/h2-9,18H,10-14H2,1H3. The van der Waals surface area contributed by atoms with Crippen LogP contribution in [-0.4, -0.2) is 50.4 Å². The molecular weight excluding hydrogens is 458 g/mol. The van der Waals surface area contributed by atoms with Crippen molar-refractivity contribution in [3.8, 4) is 11.1 Å². The number of ketones is 1. The number of ether oxygens (including phenoxy) is 1. The molecule has 0 unspecified atom stereocenters. The van der Waals surface area contributed by atoms with E-state index in [-0.39, 0.29) is 18.3 Å². The van der Waals surface area contributed by atoms with Crippen molar-refractivity contribution in [1.29, 1.82) is 0 Å². The van der Waals surface area contributed by atoms with E-state index in [9.17, 15) is 18.0 Å². The fraction of sp³-hybridized carbons (Fsp3) is 0.333. The monoisotopic (exact) mass is 479 g/mol. The van der Waals surface area contributed by atoms with Crippen LogP contribution in [0.4, 0.5) is 0 Å². The Morgan fingerprint density at radius 1 is 1.00 bits per heavy atom. The molecule has 3 rings (SSSR count). The maximum Gasteiger partial charge on any atom is 0.309 e. The van der Waals surface area contributed by atoms with Gasteiger partial charge in [0.2, 0.25) is 10.0 Å². The Bertz CT molecular complexity index is 979. The molecule has 8 heteroatoms. The second kappa shape index (κ2) is 9.19. The summed E-state index contributed by atoms with van der Waals surface area (Å²) in [4.78, 5) is 24.5. The molecule has 1 heterocycles. The molecule has 0 radical (unpaired) electrons. The van der Waals surface area contributed by atoms with Gasteiger partial charge in [-0.3, -0.25) is 9.59 Å². The molecule has 1 saturated heterocycles. The van der Waals surface area contributed by atoms with Crippen LogP contribution >= 0.6 is 15.9 Å². The number of carbonyl (C=O) groups is 2. The van der Waals surface area contributed by atoms with Crippen molar-refractivity contribution in [2.24, 2.45) is 5.92 Å². The van der Waals surface area contributed by atoms with Crippen LogP contribution in [0.5, 0.6) is 0 Å². The maximum absolute atomic E-state index is 12.3. The Labute approximate surface area is 179 Å². The van der Waals surface area contributed by atoms with Gasteiger partial charge in [-0.05, 0) is 36.1 Å². The normalized spacial score (nSPS) is 15.8. The minimum atomic E-state index is -3.24. The molecule has 0 spiro atoms. The van der Waals surface area contributed by atoms with Gasteiger partial charge in [0, 0.05) is 23.1 Å². The highest BCUT2D eigenvalue weighted by Gasteiger charge is 2.30. The molecule has 0 amide bonds. The molecule has 1 aliphatic rings. The molecule has 1 fully saturated rings. The van der Waals surface area contributed by atoms with Crippen LogP contribution in [0.2, 0.25) is 0 Å². The number of nitrogens with zero attached hydrogens (tertiary/aromatic N) is 1. The summed E-state index contributed by atoms with van der Waals surface area (Å²) in [6.45, 7) is 0.275. The quantitative estimate of drug-likeness (QED) is 0.467. The van der Waals surface area contributed by atoms with E-state index in [1.165, 1.54) is 4.31 Å². The first-order valence-corrected chi connectivity index (χ1v) is 11.9. The topological polar surface area (TPSA) is 80.8 Å². The summed E-state index contributed by atoms with van der Waals surface area (Å²) >= 11 is 3.40. The van der Waals surface area contributed by atoms with E-state index in [1.807, 2.05) is 36.4 Å². The first-order valence-electron chi connectivity index (χ1n) is 9.25. The van der Waals surface area contributed by atoms with E-state index in [0.29, 0.717) is 31.5 Å². The summed E-state index contributed by atoms with van der Waals surface area (Å²) in [6.07, 6.45) is 1.97. The van der Waals surface area contributed by atoms with E-state index in [0.717, 1.165) is 21.9 Å². The van der Waals surface area contributed by atoms with Crippen LogP contribution in [0.25, 0.3) is 11.1 Å². The van der Waals surface area contributed by atoms with E-state index < -0.39 is 16.0 Å². The molecule has 0 saturated carbocycles. The van der Waals surface area contributed by atoms with Crippen molar-refractivity contribution >= 4 is 37.7 Å². The van der Waals surface area contributed by atoms with Crippen molar-refractivity contribution in [2.45, 2.75) is 12.8 Å². The van der Waals surface area contributed by atoms with Crippen LogP contribution in [0.3, 0.4) is 0 Å². The lowest BCUT2D eigenvalue weighted by atomic mass is 9.98. The Hall–Kier alpha value is -2.03. The molecule has 0 N–H and O–H groups in total. The number of esters is 1. The summed E-state index contributed by atoms with van der Waals surface area (Å²) in [6, 6.07) is 15.0. The first-order chi connectivity index (χ1) is 13.7. The number of piperidine rings is 1. The molecule has 29 heavy (non-hydrogen) atoms. The number of carbonyl (C=O) groups excluding carboxylic acids is 2. The molecule has 2 aromatic rings. The van der Waals surface area contributed by atoms with Gasteiger partial charge < -0.3 is 4.74 Å². The predicted octanol–water partition coefficient (Wildman–Crippen LogP) is 3.51. The molecule has 1 aliphatic heterocycles. The molecule has 6 nitrogen and oxygen atoms in total. The lowest BCUT2D eigenvalue weighted by Gasteiger charge is -2.28. The van der Waals surface area contributed by atoms with Crippen molar-refractivity contribution in [3.05, 3.63) is 58.6 Å². The zero-order chi connectivity index (χ0) is 21.0. The highest BCUT2D eigenvalue weighted by Crippen LogP contribution is 2.23. The smallest absolute Gasteiger partial charge is 0.309 e. The maximum atomic E-state index is 12.3. The van der Waals surface area contributed by atoms with Crippen molar-refractivity contribution in [2.75, 3.05) is 26.0 Å². The largest absolute Gasteiger partial charge is 0.457 e. The molecular formula is C21H22BrNO5S. The van der Waals surface area contributed by atoms with Gasteiger partial charge in [-0.25, -0.2) is 12.7 Å². The summed E-state index contributed by atoms with van der Waals surface area (Å²) in [7, 11) is -3.24. The predicted molar refractivity (Wildman–Crippen MR) is 114 cm³/mol. The number of rotatable bonds is 6. The Balaban J connectivity index is 1.51. The fourth-order valence-electron chi connectivity index (χ4n) is 3.25. The summed E-state index contributed by atoms with van der Waals surface area (Å²) in [5, 5.41) is 0. The van der Waals surface area contributed by atoms with Gasteiger partial charge in [0.1, 0.15) is 0 Å². The van der Waals surface area contributed by atoms with Crippen LogP contribution in [0.1, 0.15) is 23.2 Å². The molecule has 0 atom stereocenters. The third kappa shape index (κ3) is 5.74. The van der Waals surface area contributed by atoms with Gasteiger partial charge in [0.05, 0.1) is 12.2 Å². The number of Topliss-reactive ketones (excluding diaryl/α,β-unsaturated/α-hetero) is 1. The van der Waals surface area contributed by atoms with Gasteiger partial charge in [-0.2, -0.15) is 0 Å². The lowest BCUT2D eigenvalue weighted by Crippen LogP contribution is -2.40. The van der Waals surface area contributed by atoms with E-state index in [1.54, 1.807) is 12.1 Å². The Morgan fingerprint density at radius 2 is 1.52 bits per heavy atom. The summed E-state index contributed by atoms with van der Waals surface area (Å²) in [5.74, 6) is -1.09. The zero-order valence-corrected chi connectivity index (χ0v) is 18.4. The van der Waals surface area contributed by atoms with Crippen LogP contribution < -0.4 is 0 Å². The fourth-order valence-corrected chi connectivity index (χ4v) is 4.39. The Morgan fingerprint density at radius 3 is 2.03 bits per heavy atom. The second-order valence-corrected chi connectivity index (χ2v) is 9.95. The van der Waals surface area contributed by atoms with Crippen LogP contribution in [0.15, 0.2) is 53.0 Å². The van der Waals surface area contributed by atoms with Gasteiger partial charge in [-0.15, -0.1) is 0 Å². The number of halogens is 1. The van der Waals surface area contributed by atoms with Crippen LogP contribution in [-0.2, 0) is 19.6 Å². The Kier molecular flexibility index (Phi) is 6.87. The van der Waals surface area contributed by atoms with Gasteiger partial charge in [0.25, 0.3) is 0 Å². The minimum absolute atomic E-state index is 0.269. The van der Waals surface area contributed by atoms with Crippen LogP contribution in [0, 0.1) is 5.92 Å². The third-order valence-corrected chi connectivity index (χ3v) is 6.82. The zero-order valence-electron chi connectivity index (χ0n) is 16.0. The highest BCUT2D eigenvalue weighted by atomic mass is 79.9. The lowest BCUT2D eigenvalue weighted by molar-refractivity contribution is -0.148. The van der Waals surface area contributed by atoms with Gasteiger partial charge in [0.15, 0.2) is 12.4 Å². The summed E-state index contributed by atoms with van der Waals surface area (Å²) < 4.78 is 30.6. The average molecular weight is 480 g/mol. The van der Waals surface area contributed by atoms with Crippen molar-refractivity contribution < 1.29 is 22.7 Å². The third-order valence-electron chi connectivity index (χ3n) is 4.99. The van der Waals surface area contributed by atoms with Crippen molar-refractivity contribution in [1.82, 2.24) is 4.31 Å². The molecule has 0 aromatic heterocycles.